The third-order valence-electron chi connectivity index (χ3n) is 5.19. The van der Waals surface area contributed by atoms with E-state index in [1.165, 1.54) is 22.9 Å². The van der Waals surface area contributed by atoms with E-state index in [1.807, 2.05) is 17.0 Å². The second kappa shape index (κ2) is 7.12. The summed E-state index contributed by atoms with van der Waals surface area (Å²) in [6.07, 6.45) is 5.24. The van der Waals surface area contributed by atoms with Crippen molar-refractivity contribution in [2.24, 2.45) is 0 Å². The number of benzene rings is 1. The zero-order chi connectivity index (χ0) is 19.8. The Labute approximate surface area is 165 Å². The number of oxazole rings is 1. The molecule has 29 heavy (non-hydrogen) atoms. The Morgan fingerprint density at radius 3 is 2.86 bits per heavy atom. The summed E-state index contributed by atoms with van der Waals surface area (Å²) in [5.74, 6) is -0.359. The summed E-state index contributed by atoms with van der Waals surface area (Å²) in [4.78, 5) is 22.9. The second-order valence-corrected chi connectivity index (χ2v) is 7.07. The molecule has 146 valence electrons. The first-order valence-electron chi connectivity index (χ1n) is 9.49. The number of rotatable bonds is 4. The quantitative estimate of drug-likeness (QED) is 0.531. The van der Waals surface area contributed by atoms with Crippen molar-refractivity contribution in [2.75, 3.05) is 11.4 Å². The average Bonchev–Trinajstić information content (AvgIpc) is 3.36. The lowest BCUT2D eigenvalue weighted by Gasteiger charge is -2.23. The van der Waals surface area contributed by atoms with Crippen LogP contribution in [0.1, 0.15) is 12.8 Å². The second-order valence-electron chi connectivity index (χ2n) is 7.07. The summed E-state index contributed by atoms with van der Waals surface area (Å²) in [5.41, 5.74) is 2.49. The molecule has 8 heteroatoms. The van der Waals surface area contributed by atoms with E-state index in [4.69, 9.17) is 4.42 Å². The molecule has 0 N–H and O–H groups in total. The fourth-order valence-electron chi connectivity index (χ4n) is 3.74. The Bertz CT molecular complexity index is 1220. The minimum absolute atomic E-state index is 0.0193. The van der Waals surface area contributed by atoms with E-state index in [-0.39, 0.29) is 17.4 Å². The minimum Gasteiger partial charge on any atom is -0.423 e. The van der Waals surface area contributed by atoms with Crippen LogP contribution in [0.2, 0.25) is 0 Å². The normalized spacial score (nSPS) is 16.6. The van der Waals surface area contributed by atoms with E-state index in [1.54, 1.807) is 24.5 Å². The largest absolute Gasteiger partial charge is 0.423 e. The third kappa shape index (κ3) is 3.37. The van der Waals surface area contributed by atoms with Gasteiger partial charge in [0.2, 0.25) is 0 Å². The SMILES string of the molecule is O=c1ccc(-c2ccncc2)nn1CC1CCCN1c1nc2ccc(F)cc2o1. The summed E-state index contributed by atoms with van der Waals surface area (Å²) < 4.78 is 20.7. The molecule has 1 atom stereocenters. The summed E-state index contributed by atoms with van der Waals surface area (Å²) >= 11 is 0. The van der Waals surface area contributed by atoms with Crippen LogP contribution in [-0.2, 0) is 6.54 Å². The van der Waals surface area contributed by atoms with Crippen molar-refractivity contribution in [3.63, 3.8) is 0 Å². The highest BCUT2D eigenvalue weighted by Gasteiger charge is 2.29. The van der Waals surface area contributed by atoms with Gasteiger partial charge in [-0.2, -0.15) is 10.1 Å². The molecule has 3 aromatic heterocycles. The van der Waals surface area contributed by atoms with Crippen LogP contribution in [0.4, 0.5) is 10.4 Å². The molecule has 0 radical (unpaired) electrons. The van der Waals surface area contributed by atoms with E-state index in [0.29, 0.717) is 29.4 Å². The van der Waals surface area contributed by atoms with Gasteiger partial charge in [-0.25, -0.2) is 9.07 Å². The molecule has 4 heterocycles. The van der Waals surface area contributed by atoms with Crippen molar-refractivity contribution in [3.05, 3.63) is 71.0 Å². The number of nitrogens with zero attached hydrogens (tertiary/aromatic N) is 5. The Kier molecular flexibility index (Phi) is 4.31. The number of halogens is 1. The molecule has 0 bridgehead atoms. The molecule has 0 saturated carbocycles. The lowest BCUT2D eigenvalue weighted by molar-refractivity contribution is 0.466. The van der Waals surface area contributed by atoms with Crippen LogP contribution in [-0.4, -0.2) is 32.3 Å². The van der Waals surface area contributed by atoms with E-state index in [9.17, 15) is 9.18 Å². The van der Waals surface area contributed by atoms with Gasteiger partial charge in [-0.3, -0.25) is 9.78 Å². The maximum Gasteiger partial charge on any atom is 0.298 e. The monoisotopic (exact) mass is 391 g/mol. The van der Waals surface area contributed by atoms with Crippen LogP contribution in [0.3, 0.4) is 0 Å². The van der Waals surface area contributed by atoms with Crippen LogP contribution in [0, 0.1) is 5.82 Å². The molecular formula is C21H18FN5O2. The summed E-state index contributed by atoms with van der Waals surface area (Å²) in [5, 5.41) is 4.54. The van der Waals surface area contributed by atoms with Crippen LogP contribution < -0.4 is 10.5 Å². The fourth-order valence-corrected chi connectivity index (χ4v) is 3.74. The molecular weight excluding hydrogens is 373 g/mol. The van der Waals surface area contributed by atoms with Crippen LogP contribution in [0.25, 0.3) is 22.4 Å². The van der Waals surface area contributed by atoms with Crippen molar-refractivity contribution in [1.29, 1.82) is 0 Å². The maximum absolute atomic E-state index is 13.5. The Morgan fingerprint density at radius 1 is 1.14 bits per heavy atom. The number of pyridine rings is 1. The highest BCUT2D eigenvalue weighted by molar-refractivity contribution is 5.74. The fraction of sp³-hybridized carbons (Fsp3) is 0.238. The van der Waals surface area contributed by atoms with E-state index in [2.05, 4.69) is 15.1 Å². The smallest absolute Gasteiger partial charge is 0.298 e. The van der Waals surface area contributed by atoms with E-state index in [0.717, 1.165) is 24.9 Å². The van der Waals surface area contributed by atoms with Crippen molar-refractivity contribution in [3.8, 4) is 11.3 Å². The molecule has 5 rings (SSSR count). The molecule has 1 aliphatic rings. The van der Waals surface area contributed by atoms with Gasteiger partial charge in [0.05, 0.1) is 18.3 Å². The molecule has 0 aliphatic carbocycles. The van der Waals surface area contributed by atoms with Crippen molar-refractivity contribution in [1.82, 2.24) is 19.7 Å². The van der Waals surface area contributed by atoms with E-state index < -0.39 is 0 Å². The predicted octanol–water partition coefficient (Wildman–Crippen LogP) is 3.25. The van der Waals surface area contributed by atoms with Gasteiger partial charge in [-0.05, 0) is 43.2 Å². The summed E-state index contributed by atoms with van der Waals surface area (Å²) in [6.45, 7) is 1.18. The molecule has 7 nitrogen and oxygen atoms in total. The molecule has 1 aromatic carbocycles. The maximum atomic E-state index is 13.5. The molecule has 1 aliphatic heterocycles. The first-order valence-corrected chi connectivity index (χ1v) is 9.49. The molecule has 4 aromatic rings. The highest BCUT2D eigenvalue weighted by atomic mass is 19.1. The number of anilines is 1. The first-order chi connectivity index (χ1) is 14.2. The van der Waals surface area contributed by atoms with Crippen LogP contribution in [0.15, 0.2) is 64.1 Å². The predicted molar refractivity (Wildman–Crippen MR) is 106 cm³/mol. The number of aromatic nitrogens is 4. The average molecular weight is 391 g/mol. The molecule has 0 spiro atoms. The lowest BCUT2D eigenvalue weighted by atomic mass is 10.2. The number of fused-ring (bicyclic) bond motifs is 1. The van der Waals surface area contributed by atoms with Gasteiger partial charge in [0, 0.05) is 36.6 Å². The lowest BCUT2D eigenvalue weighted by Crippen LogP contribution is -2.37. The standard InChI is InChI=1S/C21H18FN5O2/c22-15-3-4-18-19(12-15)29-21(24-18)26-11-1-2-16(26)13-27-20(28)6-5-17(25-27)14-7-9-23-10-8-14/h3-10,12,16H,1-2,11,13H2. The minimum atomic E-state index is -0.359. The summed E-state index contributed by atoms with van der Waals surface area (Å²) in [6, 6.07) is 11.7. The van der Waals surface area contributed by atoms with Gasteiger partial charge in [0.25, 0.3) is 11.6 Å². The zero-order valence-corrected chi connectivity index (χ0v) is 15.5. The number of hydrogen-bond donors (Lipinski definition) is 0. The van der Waals surface area contributed by atoms with Crippen LogP contribution >= 0.6 is 0 Å². The van der Waals surface area contributed by atoms with Gasteiger partial charge >= 0.3 is 0 Å². The molecule has 1 fully saturated rings. The highest BCUT2D eigenvalue weighted by Crippen LogP contribution is 2.29. The topological polar surface area (TPSA) is 77.1 Å². The van der Waals surface area contributed by atoms with E-state index >= 15 is 0 Å². The molecule has 0 amide bonds. The Morgan fingerprint density at radius 2 is 2.00 bits per heavy atom. The van der Waals surface area contributed by atoms with Gasteiger partial charge in [-0.15, -0.1) is 0 Å². The van der Waals surface area contributed by atoms with Gasteiger partial charge in [-0.1, -0.05) is 0 Å². The summed E-state index contributed by atoms with van der Waals surface area (Å²) in [7, 11) is 0. The Balaban J connectivity index is 1.44. The van der Waals surface area contributed by atoms with Gasteiger partial charge < -0.3 is 9.32 Å². The zero-order valence-electron chi connectivity index (χ0n) is 15.5. The van der Waals surface area contributed by atoms with Crippen molar-refractivity contribution in [2.45, 2.75) is 25.4 Å². The number of hydrogen-bond acceptors (Lipinski definition) is 6. The van der Waals surface area contributed by atoms with Gasteiger partial charge in [0.15, 0.2) is 5.58 Å². The first kappa shape index (κ1) is 17.5. The molecule has 1 saturated heterocycles. The Hall–Kier alpha value is -3.55. The van der Waals surface area contributed by atoms with Crippen LogP contribution in [0.5, 0.6) is 0 Å². The van der Waals surface area contributed by atoms with Crippen molar-refractivity contribution < 1.29 is 8.81 Å². The van der Waals surface area contributed by atoms with Crippen molar-refractivity contribution >= 4 is 17.1 Å². The molecule has 1 unspecified atom stereocenters. The van der Waals surface area contributed by atoms with Gasteiger partial charge in [0.1, 0.15) is 11.3 Å². The third-order valence-corrected chi connectivity index (χ3v) is 5.19.